The molecule has 2 atom stereocenters. The third-order valence-electron chi connectivity index (χ3n) is 5.50. The van der Waals surface area contributed by atoms with Crippen molar-refractivity contribution in [2.75, 3.05) is 0 Å². The second-order valence-electron chi connectivity index (χ2n) is 6.83. The molecule has 1 aromatic carbocycles. The van der Waals surface area contributed by atoms with Gasteiger partial charge in [-0.15, -0.1) is 0 Å². The summed E-state index contributed by atoms with van der Waals surface area (Å²) in [6, 6.07) is 9.85. The molecule has 2 heteroatoms. The number of aliphatic hydroxyl groups is 1. The maximum Gasteiger partial charge on any atom is 0.0926 e. The minimum absolute atomic E-state index is 0.524. The van der Waals surface area contributed by atoms with Crippen molar-refractivity contribution >= 4 is 0 Å². The molecule has 2 nitrogen and oxygen atoms in total. The first-order valence-corrected chi connectivity index (χ1v) is 7.82. The summed E-state index contributed by atoms with van der Waals surface area (Å²) in [5, 5.41) is 14.7. The molecule has 0 radical (unpaired) electrons. The van der Waals surface area contributed by atoms with Crippen molar-refractivity contribution in [2.45, 2.75) is 68.5 Å². The van der Waals surface area contributed by atoms with Gasteiger partial charge in [0, 0.05) is 12.1 Å². The zero-order chi connectivity index (χ0) is 12.9. The van der Waals surface area contributed by atoms with Crippen LogP contribution in [0.15, 0.2) is 24.3 Å². The van der Waals surface area contributed by atoms with Crippen LogP contribution in [0.25, 0.3) is 0 Å². The van der Waals surface area contributed by atoms with E-state index in [4.69, 9.17) is 0 Å². The second kappa shape index (κ2) is 4.32. The van der Waals surface area contributed by atoms with Crippen LogP contribution in [0.1, 0.15) is 62.0 Å². The number of hydrogen-bond acceptors (Lipinski definition) is 2. The van der Waals surface area contributed by atoms with Crippen molar-refractivity contribution in [1.82, 2.24) is 5.32 Å². The topological polar surface area (TPSA) is 32.3 Å². The van der Waals surface area contributed by atoms with Crippen molar-refractivity contribution in [3.8, 4) is 0 Å². The first-order chi connectivity index (χ1) is 9.23. The third kappa shape index (κ3) is 2.02. The summed E-state index contributed by atoms with van der Waals surface area (Å²) in [7, 11) is 0. The van der Waals surface area contributed by atoms with Gasteiger partial charge in [0.15, 0.2) is 0 Å². The third-order valence-corrected chi connectivity index (χ3v) is 5.50. The average Bonchev–Trinajstić information content (AvgIpc) is 2.68. The van der Waals surface area contributed by atoms with Crippen LogP contribution in [-0.2, 0) is 5.60 Å². The Morgan fingerprint density at radius 3 is 2.42 bits per heavy atom. The highest BCUT2D eigenvalue weighted by molar-refractivity contribution is 5.32. The Bertz CT molecular complexity index is 468. The van der Waals surface area contributed by atoms with Crippen molar-refractivity contribution in [2.24, 2.45) is 0 Å². The van der Waals surface area contributed by atoms with Gasteiger partial charge in [-0.2, -0.15) is 0 Å². The molecule has 0 aromatic heterocycles. The van der Waals surface area contributed by atoms with Gasteiger partial charge in [0.1, 0.15) is 0 Å². The lowest BCUT2D eigenvalue weighted by Crippen LogP contribution is -2.46. The Labute approximate surface area is 115 Å². The zero-order valence-corrected chi connectivity index (χ0v) is 11.4. The molecular formula is C17H23NO. The molecule has 102 valence electrons. The van der Waals surface area contributed by atoms with Crippen LogP contribution in [0.5, 0.6) is 0 Å². The molecule has 2 saturated heterocycles. The fourth-order valence-electron chi connectivity index (χ4n) is 4.18. The minimum atomic E-state index is -0.586. The number of piperidine rings is 1. The molecule has 0 amide bonds. The highest BCUT2D eigenvalue weighted by Crippen LogP contribution is 2.43. The van der Waals surface area contributed by atoms with Gasteiger partial charge >= 0.3 is 0 Å². The predicted molar refractivity (Wildman–Crippen MR) is 76.1 cm³/mol. The van der Waals surface area contributed by atoms with Gasteiger partial charge in [-0.1, -0.05) is 30.7 Å². The Balaban J connectivity index is 1.63. The van der Waals surface area contributed by atoms with Crippen LogP contribution in [0.3, 0.4) is 0 Å². The van der Waals surface area contributed by atoms with E-state index in [-0.39, 0.29) is 0 Å². The van der Waals surface area contributed by atoms with Gasteiger partial charge in [0.05, 0.1) is 5.60 Å². The first-order valence-electron chi connectivity index (χ1n) is 7.82. The maximum atomic E-state index is 11.1. The van der Waals surface area contributed by atoms with Gasteiger partial charge in [0.2, 0.25) is 0 Å². The van der Waals surface area contributed by atoms with E-state index in [0.717, 1.165) is 24.3 Å². The van der Waals surface area contributed by atoms with E-state index in [2.05, 4.69) is 29.6 Å². The largest absolute Gasteiger partial charge is 0.385 e. The van der Waals surface area contributed by atoms with Gasteiger partial charge in [-0.25, -0.2) is 0 Å². The lowest BCUT2D eigenvalue weighted by Gasteiger charge is -2.38. The molecule has 4 rings (SSSR count). The summed E-state index contributed by atoms with van der Waals surface area (Å²) in [5.74, 6) is 0.752. The Morgan fingerprint density at radius 1 is 1.05 bits per heavy atom. The number of fused-ring (bicyclic) bond motifs is 2. The molecule has 2 bridgehead atoms. The van der Waals surface area contributed by atoms with Crippen molar-refractivity contribution in [1.29, 1.82) is 0 Å². The van der Waals surface area contributed by atoms with E-state index in [9.17, 15) is 5.11 Å². The Kier molecular flexibility index (Phi) is 2.71. The van der Waals surface area contributed by atoms with Crippen LogP contribution in [-0.4, -0.2) is 17.2 Å². The number of hydrogen-bond donors (Lipinski definition) is 2. The molecule has 2 aliphatic heterocycles. The molecule has 1 saturated carbocycles. The lowest BCUT2D eigenvalue weighted by molar-refractivity contribution is -0.0115. The van der Waals surface area contributed by atoms with Crippen LogP contribution < -0.4 is 5.32 Å². The van der Waals surface area contributed by atoms with Crippen molar-refractivity contribution in [3.05, 3.63) is 35.4 Å². The SMILES string of the molecule is OC1(c2cccc(C3CCC3)c2)CC2CCC(C1)N2. The number of rotatable bonds is 2. The molecule has 19 heavy (non-hydrogen) atoms. The van der Waals surface area contributed by atoms with E-state index in [0.29, 0.717) is 12.1 Å². The quantitative estimate of drug-likeness (QED) is 0.853. The fourth-order valence-corrected chi connectivity index (χ4v) is 4.18. The summed E-state index contributed by atoms with van der Waals surface area (Å²) >= 11 is 0. The van der Waals surface area contributed by atoms with Crippen molar-refractivity contribution in [3.63, 3.8) is 0 Å². The summed E-state index contributed by atoms with van der Waals surface area (Å²) in [4.78, 5) is 0. The standard InChI is InChI=1S/C17H23NO/c19-17(10-15-7-8-16(11-17)18-15)14-6-2-5-13(9-14)12-3-1-4-12/h2,5-6,9,12,15-16,18-19H,1,3-4,7-8,10-11H2. The maximum absolute atomic E-state index is 11.1. The molecule has 3 aliphatic rings. The second-order valence-corrected chi connectivity index (χ2v) is 6.83. The molecule has 2 N–H and O–H groups in total. The molecular weight excluding hydrogens is 234 g/mol. The molecule has 1 aliphatic carbocycles. The van der Waals surface area contributed by atoms with E-state index in [1.807, 2.05) is 0 Å². The van der Waals surface area contributed by atoms with Crippen LogP contribution in [0, 0.1) is 0 Å². The van der Waals surface area contributed by atoms with E-state index >= 15 is 0 Å². The minimum Gasteiger partial charge on any atom is -0.385 e. The zero-order valence-electron chi connectivity index (χ0n) is 11.4. The summed E-state index contributed by atoms with van der Waals surface area (Å²) in [5.41, 5.74) is 2.02. The first kappa shape index (κ1) is 11.9. The molecule has 3 fully saturated rings. The van der Waals surface area contributed by atoms with E-state index in [1.165, 1.54) is 37.7 Å². The molecule has 0 spiro atoms. The molecule has 2 unspecified atom stereocenters. The van der Waals surface area contributed by atoms with Crippen LogP contribution in [0.2, 0.25) is 0 Å². The van der Waals surface area contributed by atoms with Gasteiger partial charge in [-0.05, 0) is 55.6 Å². The van der Waals surface area contributed by atoms with E-state index < -0.39 is 5.60 Å². The lowest BCUT2D eigenvalue weighted by atomic mass is 9.76. The summed E-state index contributed by atoms with van der Waals surface area (Å²) < 4.78 is 0. The van der Waals surface area contributed by atoms with Gasteiger partial charge in [0.25, 0.3) is 0 Å². The number of nitrogens with one attached hydrogen (secondary N) is 1. The summed E-state index contributed by atoms with van der Waals surface area (Å²) in [6.07, 6.45) is 8.26. The summed E-state index contributed by atoms with van der Waals surface area (Å²) in [6.45, 7) is 0. The molecule has 2 heterocycles. The predicted octanol–water partition coefficient (Wildman–Crippen LogP) is 3.06. The van der Waals surface area contributed by atoms with Crippen LogP contribution >= 0.6 is 0 Å². The smallest absolute Gasteiger partial charge is 0.0926 e. The monoisotopic (exact) mass is 257 g/mol. The van der Waals surface area contributed by atoms with Gasteiger partial charge < -0.3 is 10.4 Å². The fraction of sp³-hybridized carbons (Fsp3) is 0.647. The normalized spacial score (nSPS) is 38.2. The van der Waals surface area contributed by atoms with Gasteiger partial charge in [-0.3, -0.25) is 0 Å². The highest BCUT2D eigenvalue weighted by atomic mass is 16.3. The van der Waals surface area contributed by atoms with Crippen molar-refractivity contribution < 1.29 is 5.11 Å². The Hall–Kier alpha value is -0.860. The van der Waals surface area contributed by atoms with Crippen LogP contribution in [0.4, 0.5) is 0 Å². The van der Waals surface area contributed by atoms with E-state index in [1.54, 1.807) is 0 Å². The average molecular weight is 257 g/mol. The number of benzene rings is 1. The molecule has 1 aromatic rings. The Morgan fingerprint density at radius 2 is 1.79 bits per heavy atom. The highest BCUT2D eigenvalue weighted by Gasteiger charge is 2.43.